The molecule has 4 nitrogen and oxygen atoms in total. The van der Waals surface area contributed by atoms with Crippen LogP contribution in [0.25, 0.3) is 0 Å². The van der Waals surface area contributed by atoms with Gasteiger partial charge in [-0.1, -0.05) is 30.3 Å². The van der Waals surface area contributed by atoms with E-state index in [0.29, 0.717) is 25.3 Å². The molecule has 0 saturated heterocycles. The van der Waals surface area contributed by atoms with Gasteiger partial charge in [0, 0.05) is 38.2 Å². The normalized spacial score (nSPS) is 10.2. The molecule has 1 aromatic carbocycles. The quantitative estimate of drug-likeness (QED) is 0.549. The summed E-state index contributed by atoms with van der Waals surface area (Å²) in [5.41, 5.74) is 0.659. The predicted molar refractivity (Wildman–Crippen MR) is 74.1 cm³/mol. The average molecular weight is 263 g/mol. The minimum absolute atomic E-state index is 0.00469. The smallest absolute Gasteiger partial charge is 0.220 e. The van der Waals surface area contributed by atoms with Crippen molar-refractivity contribution in [3.05, 3.63) is 35.9 Å². The Labute approximate surface area is 114 Å². The van der Waals surface area contributed by atoms with Crippen molar-refractivity contribution in [2.45, 2.75) is 26.2 Å². The van der Waals surface area contributed by atoms with Crippen molar-refractivity contribution in [2.24, 2.45) is 0 Å². The molecule has 0 saturated carbocycles. The minimum atomic E-state index is -0.0826. The van der Waals surface area contributed by atoms with Crippen LogP contribution in [0.1, 0.15) is 36.5 Å². The lowest BCUT2D eigenvalue weighted by Crippen LogP contribution is -2.25. The Bertz CT molecular complexity index is 390. The molecule has 0 radical (unpaired) electrons. The zero-order valence-electron chi connectivity index (χ0n) is 11.4. The number of carbonyl (C=O) groups excluding carboxylic acids is 2. The summed E-state index contributed by atoms with van der Waals surface area (Å²) in [6.45, 7) is 3.88. The number of ketones is 1. The first-order valence-electron chi connectivity index (χ1n) is 6.66. The van der Waals surface area contributed by atoms with Gasteiger partial charge in [0.2, 0.25) is 5.91 Å². The van der Waals surface area contributed by atoms with Crippen LogP contribution in [0.15, 0.2) is 30.3 Å². The molecular weight excluding hydrogens is 242 g/mol. The summed E-state index contributed by atoms with van der Waals surface area (Å²) in [6.07, 6.45) is 1.29. The molecule has 0 aliphatic heterocycles. The SMILES string of the molecule is CCOCCCNC(=O)CCC(=O)c1ccccc1. The first kappa shape index (κ1) is 15.4. The number of amides is 1. The van der Waals surface area contributed by atoms with Gasteiger partial charge >= 0.3 is 0 Å². The first-order valence-corrected chi connectivity index (χ1v) is 6.66. The lowest BCUT2D eigenvalue weighted by Gasteiger charge is -2.05. The maximum Gasteiger partial charge on any atom is 0.220 e. The largest absolute Gasteiger partial charge is 0.382 e. The summed E-state index contributed by atoms with van der Waals surface area (Å²) in [7, 11) is 0. The van der Waals surface area contributed by atoms with Crippen LogP contribution >= 0.6 is 0 Å². The van der Waals surface area contributed by atoms with E-state index in [0.717, 1.165) is 6.42 Å². The Kier molecular flexibility index (Phi) is 7.51. The van der Waals surface area contributed by atoms with Gasteiger partial charge in [-0.2, -0.15) is 0 Å². The summed E-state index contributed by atoms with van der Waals surface area (Å²) in [5, 5.41) is 2.78. The van der Waals surface area contributed by atoms with E-state index in [4.69, 9.17) is 4.74 Å². The highest BCUT2D eigenvalue weighted by atomic mass is 16.5. The monoisotopic (exact) mass is 263 g/mol. The molecule has 0 spiro atoms. The second-order valence-electron chi connectivity index (χ2n) is 4.19. The molecule has 1 amide bonds. The van der Waals surface area contributed by atoms with E-state index >= 15 is 0 Å². The number of hydrogen-bond donors (Lipinski definition) is 1. The topological polar surface area (TPSA) is 55.4 Å². The highest BCUT2D eigenvalue weighted by Crippen LogP contribution is 2.04. The average Bonchev–Trinajstić information content (AvgIpc) is 2.45. The zero-order chi connectivity index (χ0) is 13.9. The van der Waals surface area contributed by atoms with Gasteiger partial charge < -0.3 is 10.1 Å². The molecule has 0 aliphatic rings. The van der Waals surface area contributed by atoms with Gasteiger partial charge in [-0.25, -0.2) is 0 Å². The highest BCUT2D eigenvalue weighted by molar-refractivity contribution is 5.97. The Hall–Kier alpha value is -1.68. The molecular formula is C15H21NO3. The predicted octanol–water partition coefficient (Wildman–Crippen LogP) is 2.19. The Morgan fingerprint density at radius 3 is 2.58 bits per heavy atom. The second-order valence-corrected chi connectivity index (χ2v) is 4.19. The molecule has 1 N–H and O–H groups in total. The molecule has 0 unspecified atom stereocenters. The molecule has 0 bridgehead atoms. The third-order valence-electron chi connectivity index (χ3n) is 2.67. The van der Waals surface area contributed by atoms with Crippen molar-refractivity contribution < 1.29 is 14.3 Å². The number of rotatable bonds is 9. The van der Waals surface area contributed by atoms with E-state index in [9.17, 15) is 9.59 Å². The van der Waals surface area contributed by atoms with Gasteiger partial charge in [0.15, 0.2) is 5.78 Å². The molecule has 4 heteroatoms. The third-order valence-corrected chi connectivity index (χ3v) is 2.67. The maximum atomic E-state index is 11.8. The maximum absolute atomic E-state index is 11.8. The van der Waals surface area contributed by atoms with Gasteiger partial charge in [0.05, 0.1) is 0 Å². The van der Waals surface area contributed by atoms with Crippen LogP contribution in [0.5, 0.6) is 0 Å². The summed E-state index contributed by atoms with van der Waals surface area (Å²) < 4.78 is 5.17. The van der Waals surface area contributed by atoms with Crippen LogP contribution in [0, 0.1) is 0 Å². The van der Waals surface area contributed by atoms with Crippen LogP contribution in [0.2, 0.25) is 0 Å². The number of benzene rings is 1. The van der Waals surface area contributed by atoms with Crippen molar-refractivity contribution in [1.82, 2.24) is 5.32 Å². The lowest BCUT2D eigenvalue weighted by atomic mass is 10.1. The summed E-state index contributed by atoms with van der Waals surface area (Å²) in [4.78, 5) is 23.3. The van der Waals surface area contributed by atoms with Gasteiger partial charge in [0.1, 0.15) is 0 Å². The molecule has 104 valence electrons. The lowest BCUT2D eigenvalue weighted by molar-refractivity contribution is -0.121. The molecule has 0 fully saturated rings. The molecule has 0 heterocycles. The van der Waals surface area contributed by atoms with Crippen molar-refractivity contribution in [3.8, 4) is 0 Å². The van der Waals surface area contributed by atoms with Gasteiger partial charge in [-0.05, 0) is 13.3 Å². The van der Waals surface area contributed by atoms with E-state index in [-0.39, 0.29) is 24.5 Å². The molecule has 0 aromatic heterocycles. The minimum Gasteiger partial charge on any atom is -0.382 e. The van der Waals surface area contributed by atoms with Gasteiger partial charge in [-0.3, -0.25) is 9.59 Å². The van der Waals surface area contributed by atoms with Crippen LogP contribution < -0.4 is 5.32 Å². The standard InChI is InChI=1S/C15H21NO3/c1-2-19-12-6-11-16-15(18)10-9-14(17)13-7-4-3-5-8-13/h3-5,7-8H,2,6,9-12H2,1H3,(H,16,18). The summed E-state index contributed by atoms with van der Waals surface area (Å²) in [6, 6.07) is 9.04. The van der Waals surface area contributed by atoms with E-state index in [1.807, 2.05) is 25.1 Å². The Balaban J connectivity index is 2.15. The molecule has 0 atom stereocenters. The van der Waals surface area contributed by atoms with E-state index < -0.39 is 0 Å². The van der Waals surface area contributed by atoms with Crippen LogP contribution in [0.3, 0.4) is 0 Å². The van der Waals surface area contributed by atoms with E-state index in [2.05, 4.69) is 5.32 Å². The summed E-state index contributed by atoms with van der Waals surface area (Å²) >= 11 is 0. The number of ether oxygens (including phenoxy) is 1. The number of nitrogens with one attached hydrogen (secondary N) is 1. The van der Waals surface area contributed by atoms with Gasteiger partial charge in [0.25, 0.3) is 0 Å². The van der Waals surface area contributed by atoms with E-state index in [1.54, 1.807) is 12.1 Å². The second kappa shape index (κ2) is 9.28. The van der Waals surface area contributed by atoms with E-state index in [1.165, 1.54) is 0 Å². The molecule has 19 heavy (non-hydrogen) atoms. The molecule has 1 aromatic rings. The Morgan fingerprint density at radius 2 is 1.89 bits per heavy atom. The number of carbonyl (C=O) groups is 2. The molecule has 0 aliphatic carbocycles. The van der Waals surface area contributed by atoms with Crippen LogP contribution in [-0.2, 0) is 9.53 Å². The van der Waals surface area contributed by atoms with Crippen molar-refractivity contribution in [1.29, 1.82) is 0 Å². The fourth-order valence-corrected chi connectivity index (χ4v) is 1.63. The first-order chi connectivity index (χ1) is 9.24. The Morgan fingerprint density at radius 1 is 1.16 bits per heavy atom. The number of hydrogen-bond acceptors (Lipinski definition) is 3. The zero-order valence-corrected chi connectivity index (χ0v) is 11.4. The third kappa shape index (κ3) is 6.72. The van der Waals surface area contributed by atoms with Crippen LogP contribution in [0.4, 0.5) is 0 Å². The van der Waals surface area contributed by atoms with Gasteiger partial charge in [-0.15, -0.1) is 0 Å². The van der Waals surface area contributed by atoms with Crippen molar-refractivity contribution in [2.75, 3.05) is 19.8 Å². The fourth-order valence-electron chi connectivity index (χ4n) is 1.63. The number of Topliss-reactive ketones (excluding diaryl/α,β-unsaturated/α-hetero) is 1. The van der Waals surface area contributed by atoms with Crippen molar-refractivity contribution >= 4 is 11.7 Å². The fraction of sp³-hybridized carbons (Fsp3) is 0.467. The summed E-state index contributed by atoms with van der Waals surface area (Å²) in [5.74, 6) is -0.0779. The van der Waals surface area contributed by atoms with Crippen molar-refractivity contribution in [3.63, 3.8) is 0 Å². The van der Waals surface area contributed by atoms with Crippen LogP contribution in [-0.4, -0.2) is 31.4 Å². The highest BCUT2D eigenvalue weighted by Gasteiger charge is 2.08. The molecule has 1 rings (SSSR count).